The zero-order valence-electron chi connectivity index (χ0n) is 10.1. The van der Waals surface area contributed by atoms with Gasteiger partial charge in [0.2, 0.25) is 0 Å². The van der Waals surface area contributed by atoms with Crippen LogP contribution in [0, 0.1) is 0 Å². The van der Waals surface area contributed by atoms with Gasteiger partial charge in [-0.1, -0.05) is 29.4 Å². The number of hydrogen-bond donors (Lipinski definition) is 0. The highest BCUT2D eigenvalue weighted by atomic mass is 16.1. The predicted molar refractivity (Wildman–Crippen MR) is 66.9 cm³/mol. The van der Waals surface area contributed by atoms with Gasteiger partial charge in [-0.05, 0) is 52.5 Å². The van der Waals surface area contributed by atoms with Crippen LogP contribution in [0.25, 0.3) is 0 Å². The molecule has 0 amide bonds. The van der Waals surface area contributed by atoms with Crippen LogP contribution < -0.4 is 0 Å². The molecule has 0 aliphatic carbocycles. The molecule has 0 aromatic rings. The van der Waals surface area contributed by atoms with E-state index >= 15 is 0 Å². The monoisotopic (exact) mass is 206 g/mol. The van der Waals surface area contributed by atoms with Crippen LogP contribution >= 0.6 is 0 Å². The molecule has 0 atom stereocenters. The third-order valence-corrected chi connectivity index (χ3v) is 2.13. The number of aldehydes is 1. The van der Waals surface area contributed by atoms with E-state index in [2.05, 4.69) is 32.9 Å². The number of unbranched alkanes of at least 4 members (excludes halogenated alkanes) is 1. The van der Waals surface area contributed by atoms with Crippen LogP contribution in [0.1, 0.15) is 46.5 Å². The Morgan fingerprint density at radius 1 is 1.00 bits per heavy atom. The van der Waals surface area contributed by atoms with Crippen LogP contribution in [0.15, 0.2) is 35.5 Å². The fraction of sp³-hybridized carbons (Fsp3) is 0.500. The molecule has 15 heavy (non-hydrogen) atoms. The van der Waals surface area contributed by atoms with E-state index in [1.165, 1.54) is 11.1 Å². The minimum absolute atomic E-state index is 0.825. The molecular formula is C14H22O. The molecule has 0 saturated heterocycles. The molecule has 0 N–H and O–H groups in total. The second kappa shape index (κ2) is 9.45. The lowest BCUT2D eigenvalue weighted by molar-refractivity contribution is -0.104. The van der Waals surface area contributed by atoms with Crippen LogP contribution in [-0.4, -0.2) is 6.29 Å². The van der Waals surface area contributed by atoms with E-state index in [4.69, 9.17) is 0 Å². The van der Waals surface area contributed by atoms with Gasteiger partial charge in [0.1, 0.15) is 6.29 Å². The van der Waals surface area contributed by atoms with Gasteiger partial charge < -0.3 is 0 Å². The summed E-state index contributed by atoms with van der Waals surface area (Å²) in [6, 6.07) is 0. The largest absolute Gasteiger partial charge is 0.299 e. The van der Waals surface area contributed by atoms with Gasteiger partial charge in [0, 0.05) is 0 Å². The van der Waals surface area contributed by atoms with Crippen molar-refractivity contribution in [1.29, 1.82) is 0 Å². The SMILES string of the molecule is CC(C)=CCCC(C)=CCCC=CC=O. The summed E-state index contributed by atoms with van der Waals surface area (Å²) in [6.45, 7) is 6.43. The lowest BCUT2D eigenvalue weighted by Gasteiger charge is -1.98. The lowest BCUT2D eigenvalue weighted by Crippen LogP contribution is -1.77. The number of carbonyl (C=O) groups is 1. The second-order valence-electron chi connectivity index (χ2n) is 4.01. The maximum absolute atomic E-state index is 10.00. The van der Waals surface area contributed by atoms with E-state index in [-0.39, 0.29) is 0 Å². The van der Waals surface area contributed by atoms with Crippen LogP contribution in [0.2, 0.25) is 0 Å². The zero-order chi connectivity index (χ0) is 11.5. The first-order valence-corrected chi connectivity index (χ1v) is 5.56. The molecule has 1 nitrogen and oxygen atoms in total. The maximum atomic E-state index is 10.00. The van der Waals surface area contributed by atoms with Crippen LogP contribution in [0.3, 0.4) is 0 Å². The Morgan fingerprint density at radius 2 is 1.73 bits per heavy atom. The normalized spacial score (nSPS) is 11.8. The standard InChI is InChI=1S/C14H22O/c1-13(2)9-8-11-14(3)10-6-4-5-7-12-15/h5,7,9-10,12H,4,6,8,11H2,1-3H3. The average molecular weight is 206 g/mol. The summed E-state index contributed by atoms with van der Waals surface area (Å²) in [7, 11) is 0. The summed E-state index contributed by atoms with van der Waals surface area (Å²) in [5, 5.41) is 0. The third kappa shape index (κ3) is 10.8. The van der Waals surface area contributed by atoms with Crippen molar-refractivity contribution >= 4 is 6.29 Å². The highest BCUT2D eigenvalue weighted by Crippen LogP contribution is 2.08. The van der Waals surface area contributed by atoms with E-state index in [0.29, 0.717) is 0 Å². The molecule has 1 heteroatoms. The van der Waals surface area contributed by atoms with Crippen molar-refractivity contribution < 1.29 is 4.79 Å². The molecule has 0 aliphatic heterocycles. The van der Waals surface area contributed by atoms with Gasteiger partial charge in [0.05, 0.1) is 0 Å². The van der Waals surface area contributed by atoms with Crippen molar-refractivity contribution in [1.82, 2.24) is 0 Å². The first-order chi connectivity index (χ1) is 7.16. The van der Waals surface area contributed by atoms with Crippen LogP contribution in [0.4, 0.5) is 0 Å². The molecule has 0 saturated carbocycles. The molecule has 0 rings (SSSR count). The highest BCUT2D eigenvalue weighted by molar-refractivity contribution is 5.64. The Labute approximate surface area is 93.6 Å². The van der Waals surface area contributed by atoms with Gasteiger partial charge in [0.25, 0.3) is 0 Å². The molecule has 0 unspecified atom stereocenters. The van der Waals surface area contributed by atoms with Crippen LogP contribution in [-0.2, 0) is 4.79 Å². The van der Waals surface area contributed by atoms with Crippen molar-refractivity contribution in [3.63, 3.8) is 0 Å². The minimum atomic E-state index is 0.825. The summed E-state index contributed by atoms with van der Waals surface area (Å²) < 4.78 is 0. The quantitative estimate of drug-likeness (QED) is 0.264. The molecule has 0 aliphatic rings. The highest BCUT2D eigenvalue weighted by Gasteiger charge is 1.88. The van der Waals surface area contributed by atoms with Gasteiger partial charge in [-0.25, -0.2) is 0 Å². The number of rotatable bonds is 7. The topological polar surface area (TPSA) is 17.1 Å². The fourth-order valence-electron chi connectivity index (χ4n) is 1.27. The molecule has 0 aromatic heterocycles. The summed E-state index contributed by atoms with van der Waals surface area (Å²) in [5.41, 5.74) is 2.82. The first kappa shape index (κ1) is 13.9. The van der Waals surface area contributed by atoms with Gasteiger partial charge in [-0.2, -0.15) is 0 Å². The Kier molecular flexibility index (Phi) is 8.75. The number of allylic oxidation sites excluding steroid dienone is 6. The summed E-state index contributed by atoms with van der Waals surface area (Å²) in [5.74, 6) is 0. The maximum Gasteiger partial charge on any atom is 0.142 e. The number of carbonyl (C=O) groups excluding carboxylic acids is 1. The van der Waals surface area contributed by atoms with E-state index in [0.717, 1.165) is 32.0 Å². The van der Waals surface area contributed by atoms with Gasteiger partial charge in [-0.3, -0.25) is 4.79 Å². The van der Waals surface area contributed by atoms with Crippen molar-refractivity contribution in [3.8, 4) is 0 Å². The molecule has 0 bridgehead atoms. The van der Waals surface area contributed by atoms with Gasteiger partial charge in [0.15, 0.2) is 0 Å². The summed E-state index contributed by atoms with van der Waals surface area (Å²) in [6.07, 6.45) is 13.1. The molecule has 84 valence electrons. The van der Waals surface area contributed by atoms with E-state index < -0.39 is 0 Å². The molecular weight excluding hydrogens is 184 g/mol. The Bertz CT molecular complexity index is 253. The van der Waals surface area contributed by atoms with Gasteiger partial charge in [-0.15, -0.1) is 0 Å². The second-order valence-corrected chi connectivity index (χ2v) is 4.01. The predicted octanol–water partition coefficient (Wildman–Crippen LogP) is 4.21. The molecule has 0 spiro atoms. The molecule has 0 aromatic carbocycles. The fourth-order valence-corrected chi connectivity index (χ4v) is 1.27. The minimum Gasteiger partial charge on any atom is -0.299 e. The Morgan fingerprint density at radius 3 is 2.33 bits per heavy atom. The number of hydrogen-bond acceptors (Lipinski definition) is 1. The molecule has 0 fully saturated rings. The third-order valence-electron chi connectivity index (χ3n) is 2.13. The van der Waals surface area contributed by atoms with E-state index in [1.54, 1.807) is 6.08 Å². The van der Waals surface area contributed by atoms with E-state index in [1.807, 2.05) is 6.08 Å². The Hall–Kier alpha value is -1.11. The molecule has 0 radical (unpaired) electrons. The van der Waals surface area contributed by atoms with Crippen molar-refractivity contribution in [2.45, 2.75) is 46.5 Å². The lowest BCUT2D eigenvalue weighted by atomic mass is 10.1. The van der Waals surface area contributed by atoms with E-state index in [9.17, 15) is 4.79 Å². The smallest absolute Gasteiger partial charge is 0.142 e. The Balaban J connectivity index is 3.65. The van der Waals surface area contributed by atoms with Crippen molar-refractivity contribution in [3.05, 3.63) is 35.5 Å². The van der Waals surface area contributed by atoms with Crippen molar-refractivity contribution in [2.75, 3.05) is 0 Å². The first-order valence-electron chi connectivity index (χ1n) is 5.56. The summed E-state index contributed by atoms with van der Waals surface area (Å²) in [4.78, 5) is 10.00. The van der Waals surface area contributed by atoms with Crippen molar-refractivity contribution in [2.24, 2.45) is 0 Å². The summed E-state index contributed by atoms with van der Waals surface area (Å²) >= 11 is 0. The average Bonchev–Trinajstić information content (AvgIpc) is 2.17. The van der Waals surface area contributed by atoms with Gasteiger partial charge >= 0.3 is 0 Å². The molecule has 0 heterocycles. The van der Waals surface area contributed by atoms with Crippen LogP contribution in [0.5, 0.6) is 0 Å². The zero-order valence-corrected chi connectivity index (χ0v) is 10.1.